The van der Waals surface area contributed by atoms with Gasteiger partial charge in [-0.25, -0.2) is 4.79 Å². The van der Waals surface area contributed by atoms with Gasteiger partial charge in [-0.05, 0) is 72.0 Å². The number of unbranched alkanes of at least 4 members (excludes halogenated alkanes) is 2. The molecule has 0 aliphatic carbocycles. The molecule has 0 saturated carbocycles. The van der Waals surface area contributed by atoms with E-state index in [2.05, 4.69) is 73.4 Å². The second-order valence-corrected chi connectivity index (χ2v) is 9.98. The van der Waals surface area contributed by atoms with E-state index in [4.69, 9.17) is 10.4 Å². The third-order valence-electron chi connectivity index (χ3n) is 5.95. The predicted molar refractivity (Wildman–Crippen MR) is 158 cm³/mol. The fourth-order valence-corrected chi connectivity index (χ4v) is 4.60. The van der Waals surface area contributed by atoms with Crippen molar-refractivity contribution in [3.63, 3.8) is 0 Å². The molecule has 1 heterocycles. The number of nitriles is 1. The van der Waals surface area contributed by atoms with Gasteiger partial charge in [0.25, 0.3) is 0 Å². The van der Waals surface area contributed by atoms with Crippen molar-refractivity contribution in [3.05, 3.63) is 92.7 Å². The minimum atomic E-state index is -1.22. The molecule has 190 valence electrons. The third kappa shape index (κ3) is 8.93. The first kappa shape index (κ1) is 27.7. The van der Waals surface area contributed by atoms with Gasteiger partial charge in [0.15, 0.2) is 0 Å². The van der Waals surface area contributed by atoms with Gasteiger partial charge in [0.1, 0.15) is 11.6 Å². The zero-order chi connectivity index (χ0) is 26.5. The molecular weight excluding hydrogens is 476 g/mol. The molecule has 0 radical (unpaired) electrons. The largest absolute Gasteiger partial charge is 0.477 e. The number of aliphatic carboxylic acids is 1. The summed E-state index contributed by atoms with van der Waals surface area (Å²) in [5.74, 6) is -1.22. The lowest BCUT2D eigenvalue weighted by Crippen LogP contribution is -2.25. The van der Waals surface area contributed by atoms with Crippen LogP contribution in [0.5, 0.6) is 0 Å². The van der Waals surface area contributed by atoms with Gasteiger partial charge < -0.3 is 10.0 Å². The van der Waals surface area contributed by atoms with Crippen molar-refractivity contribution < 1.29 is 9.90 Å². The lowest BCUT2D eigenvalue weighted by atomic mass is 10.1. The molecule has 3 rings (SSSR count). The van der Waals surface area contributed by atoms with Gasteiger partial charge in [0.05, 0.1) is 0 Å². The van der Waals surface area contributed by atoms with Crippen molar-refractivity contribution in [2.75, 3.05) is 18.0 Å². The van der Waals surface area contributed by atoms with E-state index in [9.17, 15) is 4.79 Å². The molecule has 0 saturated heterocycles. The van der Waals surface area contributed by atoms with Crippen LogP contribution in [0.3, 0.4) is 0 Å². The average Bonchev–Trinajstić information content (AvgIpc) is 3.38. The Morgan fingerprint density at radius 1 is 0.811 bits per heavy atom. The molecule has 0 bridgehead atoms. The number of anilines is 1. The first-order chi connectivity index (χ1) is 18.0. The Kier molecular flexibility index (Phi) is 10.9. The van der Waals surface area contributed by atoms with Gasteiger partial charge in [-0.3, -0.25) is 0 Å². The number of benzene rings is 2. The minimum absolute atomic E-state index is 0.278. The van der Waals surface area contributed by atoms with Crippen LogP contribution >= 0.6 is 11.3 Å². The lowest BCUT2D eigenvalue weighted by Gasteiger charge is -2.24. The van der Waals surface area contributed by atoms with Crippen LogP contribution in [0.25, 0.3) is 30.4 Å². The van der Waals surface area contributed by atoms with Crippen molar-refractivity contribution in [2.24, 2.45) is 0 Å². The molecular formula is C32H34N2O2S. The highest BCUT2D eigenvalue weighted by molar-refractivity contribution is 7.13. The third-order valence-corrected chi connectivity index (χ3v) is 6.96. The summed E-state index contributed by atoms with van der Waals surface area (Å²) in [6.45, 7) is 6.72. The molecule has 5 heteroatoms. The molecule has 0 aliphatic rings. The van der Waals surface area contributed by atoms with Crippen LogP contribution in [0, 0.1) is 11.3 Å². The van der Waals surface area contributed by atoms with E-state index >= 15 is 0 Å². The highest BCUT2D eigenvalue weighted by atomic mass is 32.1. The van der Waals surface area contributed by atoms with E-state index in [0.29, 0.717) is 5.56 Å². The van der Waals surface area contributed by atoms with Crippen LogP contribution in [-0.4, -0.2) is 24.2 Å². The number of carboxylic acid groups (broad SMARTS) is 1. The van der Waals surface area contributed by atoms with E-state index < -0.39 is 5.97 Å². The number of hydrogen-bond donors (Lipinski definition) is 1. The normalized spacial score (nSPS) is 11.8. The Hall–Kier alpha value is -3.88. The van der Waals surface area contributed by atoms with Crippen molar-refractivity contribution in [2.45, 2.75) is 39.5 Å². The summed E-state index contributed by atoms with van der Waals surface area (Å²) in [4.78, 5) is 15.8. The Balaban J connectivity index is 1.60. The number of thiophene rings is 1. The fraction of sp³-hybridized carbons (Fsp3) is 0.250. The smallest absolute Gasteiger partial charge is 0.346 e. The monoisotopic (exact) mass is 510 g/mol. The Morgan fingerprint density at radius 3 is 1.76 bits per heavy atom. The Morgan fingerprint density at radius 2 is 1.30 bits per heavy atom. The van der Waals surface area contributed by atoms with Gasteiger partial charge in [-0.2, -0.15) is 5.26 Å². The average molecular weight is 511 g/mol. The lowest BCUT2D eigenvalue weighted by molar-refractivity contribution is -0.132. The number of hydrogen-bond acceptors (Lipinski definition) is 4. The van der Waals surface area contributed by atoms with Crippen molar-refractivity contribution >= 4 is 53.4 Å². The van der Waals surface area contributed by atoms with Crippen LogP contribution < -0.4 is 4.90 Å². The number of nitrogens with zero attached hydrogens (tertiary/aromatic N) is 2. The summed E-state index contributed by atoms with van der Waals surface area (Å²) in [6, 6.07) is 22.2. The summed E-state index contributed by atoms with van der Waals surface area (Å²) in [6.07, 6.45) is 14.6. The number of carbonyl (C=O) groups is 1. The van der Waals surface area contributed by atoms with Crippen molar-refractivity contribution in [1.29, 1.82) is 5.26 Å². The summed E-state index contributed by atoms with van der Waals surface area (Å²) in [5.41, 5.74) is 3.90. The molecule has 0 amide bonds. The second kappa shape index (κ2) is 14.6. The molecule has 1 N–H and O–H groups in total. The molecule has 3 aromatic rings. The maximum absolute atomic E-state index is 11.0. The van der Waals surface area contributed by atoms with E-state index in [-0.39, 0.29) is 5.57 Å². The highest BCUT2D eigenvalue weighted by Gasteiger charge is 2.06. The van der Waals surface area contributed by atoms with Crippen molar-refractivity contribution in [1.82, 2.24) is 0 Å². The first-order valence-electron chi connectivity index (χ1n) is 12.8. The van der Waals surface area contributed by atoms with Gasteiger partial charge in [0, 0.05) is 28.5 Å². The second-order valence-electron chi connectivity index (χ2n) is 8.83. The number of carboxylic acids is 1. The van der Waals surface area contributed by atoms with E-state index in [1.807, 2.05) is 18.2 Å². The summed E-state index contributed by atoms with van der Waals surface area (Å²) in [5, 5.41) is 17.9. The van der Waals surface area contributed by atoms with Crippen LogP contribution in [0.15, 0.2) is 66.2 Å². The zero-order valence-corrected chi connectivity index (χ0v) is 22.4. The van der Waals surface area contributed by atoms with Crippen LogP contribution in [0.4, 0.5) is 5.69 Å². The summed E-state index contributed by atoms with van der Waals surface area (Å²) in [7, 11) is 0. The standard InChI is InChI=1S/C32H34N2O2S/c1-3-5-21-34(22-6-4-2)29-15-11-26(12-16-29)14-18-31-20-19-30(37-31)17-13-25-7-9-27(10-8-25)23-28(24-33)32(35)36/h7-20,23H,3-6,21-22H2,1-2H3,(H,35,36)/b17-13+,18-14+,28-23?. The Labute approximate surface area is 224 Å². The van der Waals surface area contributed by atoms with Gasteiger partial charge in [0.2, 0.25) is 0 Å². The van der Waals surface area contributed by atoms with Gasteiger partial charge in [-0.1, -0.05) is 75.2 Å². The SMILES string of the molecule is CCCCN(CCCC)c1ccc(/C=C/c2ccc(/C=C/c3ccc(C=C(C#N)C(=O)O)cc3)s2)cc1. The maximum atomic E-state index is 11.0. The van der Waals surface area contributed by atoms with E-state index in [1.165, 1.54) is 47.9 Å². The van der Waals surface area contributed by atoms with Crippen LogP contribution in [-0.2, 0) is 4.79 Å². The maximum Gasteiger partial charge on any atom is 0.346 e. The van der Waals surface area contributed by atoms with Gasteiger partial charge >= 0.3 is 5.97 Å². The molecule has 0 fully saturated rings. The van der Waals surface area contributed by atoms with E-state index in [1.54, 1.807) is 29.5 Å². The van der Waals surface area contributed by atoms with Crippen molar-refractivity contribution in [3.8, 4) is 6.07 Å². The first-order valence-corrected chi connectivity index (χ1v) is 13.6. The van der Waals surface area contributed by atoms with Gasteiger partial charge in [-0.15, -0.1) is 11.3 Å². The minimum Gasteiger partial charge on any atom is -0.477 e. The van der Waals surface area contributed by atoms with Crippen LogP contribution in [0.2, 0.25) is 0 Å². The molecule has 2 aromatic carbocycles. The van der Waals surface area contributed by atoms with E-state index in [0.717, 1.165) is 23.5 Å². The molecule has 37 heavy (non-hydrogen) atoms. The molecule has 4 nitrogen and oxygen atoms in total. The predicted octanol–water partition coefficient (Wildman–Crippen LogP) is 8.49. The van der Waals surface area contributed by atoms with Crippen LogP contribution in [0.1, 0.15) is 66.0 Å². The quantitative estimate of drug-likeness (QED) is 0.185. The molecule has 0 spiro atoms. The fourth-order valence-electron chi connectivity index (χ4n) is 3.78. The number of rotatable bonds is 13. The Bertz CT molecular complexity index is 1270. The molecule has 0 atom stereocenters. The molecule has 0 aliphatic heterocycles. The highest BCUT2D eigenvalue weighted by Crippen LogP contribution is 2.23. The molecule has 0 unspecified atom stereocenters. The topological polar surface area (TPSA) is 64.3 Å². The summed E-state index contributed by atoms with van der Waals surface area (Å²) >= 11 is 1.72. The zero-order valence-electron chi connectivity index (χ0n) is 21.6. The molecule has 1 aromatic heterocycles. The summed E-state index contributed by atoms with van der Waals surface area (Å²) < 4.78 is 0.